The molecule has 1 atom stereocenters. The van der Waals surface area contributed by atoms with E-state index in [9.17, 15) is 19.2 Å². The smallest absolute Gasteiger partial charge is 0.280 e. The molecule has 2 fully saturated rings. The first kappa shape index (κ1) is 13.9. The molecule has 0 saturated carbocycles. The van der Waals surface area contributed by atoms with E-state index in [0.717, 1.165) is 4.90 Å². The number of likely N-dealkylation sites (tertiary alicyclic amines) is 1. The monoisotopic (exact) mass is 275 g/mol. The average Bonchev–Trinajstić information content (AvgIpc) is 2.60. The van der Waals surface area contributed by atoms with Crippen LogP contribution in [-0.2, 0) is 19.2 Å². The van der Waals surface area contributed by atoms with Crippen LogP contribution in [0, 0.1) is 0 Å². The summed E-state index contributed by atoms with van der Waals surface area (Å²) in [6, 6.07) is -0.984. The van der Waals surface area contributed by atoms with Gasteiger partial charge in [0.05, 0.1) is 5.57 Å². The topological polar surface area (TPSA) is 95.9 Å². The lowest BCUT2D eigenvalue weighted by Gasteiger charge is -2.27. The van der Waals surface area contributed by atoms with Gasteiger partial charge in [0.15, 0.2) is 0 Å². The van der Waals surface area contributed by atoms with Gasteiger partial charge in [-0.1, -0.05) is 12.7 Å². The van der Waals surface area contributed by atoms with Gasteiger partial charge in [0.1, 0.15) is 11.8 Å². The minimum absolute atomic E-state index is 0.0437. The molecule has 0 aromatic rings. The second-order valence-corrected chi connectivity index (χ2v) is 4.39. The van der Waals surface area contributed by atoms with E-state index in [1.807, 2.05) is 0 Å². The summed E-state index contributed by atoms with van der Waals surface area (Å²) < 4.78 is 0. The SMILES string of the molecule is C=C1C(=O)N(C2CCC(=O)NC2=O)C(=O)/C1=N/C=C\C. The number of piperidine rings is 1. The standard InChI is InChI=1S/C13H13N3O4/c1-3-6-14-10-7(2)12(19)16(13(10)20)8-4-5-9(17)15-11(8)18/h3,6,8H,2,4-5H2,1H3,(H,15,17,18)/b6-3-,14-10+. The number of carbonyl (C=O) groups is 4. The van der Waals surface area contributed by atoms with E-state index < -0.39 is 29.7 Å². The van der Waals surface area contributed by atoms with Crippen molar-refractivity contribution < 1.29 is 19.2 Å². The molecule has 4 amide bonds. The summed E-state index contributed by atoms with van der Waals surface area (Å²) in [5.74, 6) is -2.37. The lowest BCUT2D eigenvalue weighted by Crippen LogP contribution is -2.54. The van der Waals surface area contributed by atoms with Crippen LogP contribution in [0.1, 0.15) is 19.8 Å². The Hall–Kier alpha value is -2.57. The van der Waals surface area contributed by atoms with Gasteiger partial charge < -0.3 is 0 Å². The highest BCUT2D eigenvalue weighted by Gasteiger charge is 2.46. The predicted octanol–water partition coefficient (Wildman–Crippen LogP) is -0.309. The van der Waals surface area contributed by atoms with Gasteiger partial charge in [-0.3, -0.25) is 34.4 Å². The number of imide groups is 2. The lowest BCUT2D eigenvalue weighted by atomic mass is 10.0. The molecule has 7 heteroatoms. The third kappa shape index (κ3) is 2.18. The molecule has 1 unspecified atom stereocenters. The van der Waals surface area contributed by atoms with Crippen molar-refractivity contribution in [1.29, 1.82) is 0 Å². The Bertz CT molecular complexity index is 588. The molecule has 0 aliphatic carbocycles. The summed E-state index contributed by atoms with van der Waals surface area (Å²) >= 11 is 0. The van der Waals surface area contributed by atoms with Crippen molar-refractivity contribution in [2.75, 3.05) is 0 Å². The normalized spacial score (nSPS) is 26.1. The van der Waals surface area contributed by atoms with Crippen molar-refractivity contribution in [2.45, 2.75) is 25.8 Å². The third-order valence-corrected chi connectivity index (χ3v) is 3.06. The van der Waals surface area contributed by atoms with Crippen molar-refractivity contribution >= 4 is 29.3 Å². The lowest BCUT2D eigenvalue weighted by molar-refractivity contribution is -0.148. The molecule has 0 spiro atoms. The van der Waals surface area contributed by atoms with Crippen molar-refractivity contribution in [3.05, 3.63) is 24.4 Å². The van der Waals surface area contributed by atoms with Crippen LogP contribution in [0.5, 0.6) is 0 Å². The Morgan fingerprint density at radius 2 is 2.00 bits per heavy atom. The zero-order chi connectivity index (χ0) is 14.9. The van der Waals surface area contributed by atoms with E-state index >= 15 is 0 Å². The van der Waals surface area contributed by atoms with Crippen molar-refractivity contribution in [3.63, 3.8) is 0 Å². The highest BCUT2D eigenvalue weighted by molar-refractivity contribution is 6.58. The Labute approximate surface area is 115 Å². The average molecular weight is 275 g/mol. The van der Waals surface area contributed by atoms with Gasteiger partial charge in [0.25, 0.3) is 11.8 Å². The van der Waals surface area contributed by atoms with Crippen LogP contribution >= 0.6 is 0 Å². The molecule has 0 aromatic carbocycles. The Kier molecular flexibility index (Phi) is 3.60. The molecule has 0 aromatic heterocycles. The molecule has 2 aliphatic heterocycles. The molecule has 2 rings (SSSR count). The van der Waals surface area contributed by atoms with Crippen LogP contribution in [0.15, 0.2) is 29.4 Å². The molecule has 0 bridgehead atoms. The van der Waals surface area contributed by atoms with Crippen LogP contribution < -0.4 is 5.32 Å². The van der Waals surface area contributed by atoms with Crippen LogP contribution in [0.25, 0.3) is 0 Å². The number of carbonyl (C=O) groups excluding carboxylic acids is 4. The van der Waals surface area contributed by atoms with Crippen LogP contribution in [0.3, 0.4) is 0 Å². The minimum Gasteiger partial charge on any atom is -0.295 e. The number of nitrogens with one attached hydrogen (secondary N) is 1. The van der Waals surface area contributed by atoms with Crippen LogP contribution in [-0.4, -0.2) is 40.3 Å². The zero-order valence-electron chi connectivity index (χ0n) is 10.9. The number of hydrogen-bond donors (Lipinski definition) is 1. The first-order valence-corrected chi connectivity index (χ1v) is 6.07. The highest BCUT2D eigenvalue weighted by Crippen LogP contribution is 2.22. The number of amides is 4. The number of nitrogens with zero attached hydrogens (tertiary/aromatic N) is 2. The van der Waals surface area contributed by atoms with Crippen LogP contribution in [0.2, 0.25) is 0 Å². The maximum atomic E-state index is 12.2. The van der Waals surface area contributed by atoms with E-state index in [1.54, 1.807) is 13.0 Å². The molecule has 20 heavy (non-hydrogen) atoms. The summed E-state index contributed by atoms with van der Waals surface area (Å²) in [5.41, 5.74) is -0.115. The van der Waals surface area contributed by atoms with E-state index in [-0.39, 0.29) is 24.1 Å². The summed E-state index contributed by atoms with van der Waals surface area (Å²) in [6.45, 7) is 5.24. The fraction of sp³-hybridized carbons (Fsp3) is 0.308. The third-order valence-electron chi connectivity index (χ3n) is 3.06. The summed E-state index contributed by atoms with van der Waals surface area (Å²) in [5, 5.41) is 2.11. The zero-order valence-corrected chi connectivity index (χ0v) is 10.9. The summed E-state index contributed by atoms with van der Waals surface area (Å²) in [7, 11) is 0. The maximum Gasteiger partial charge on any atom is 0.280 e. The van der Waals surface area contributed by atoms with Gasteiger partial charge >= 0.3 is 0 Å². The quantitative estimate of drug-likeness (QED) is 0.552. The number of allylic oxidation sites excluding steroid dienone is 1. The fourth-order valence-electron chi connectivity index (χ4n) is 2.08. The Morgan fingerprint density at radius 1 is 1.30 bits per heavy atom. The maximum absolute atomic E-state index is 12.2. The van der Waals surface area contributed by atoms with Crippen LogP contribution in [0.4, 0.5) is 0 Å². The van der Waals surface area contributed by atoms with Gasteiger partial charge in [0.2, 0.25) is 11.8 Å². The van der Waals surface area contributed by atoms with Gasteiger partial charge in [-0.05, 0) is 13.3 Å². The molecule has 0 radical (unpaired) electrons. The molecule has 2 saturated heterocycles. The van der Waals surface area contributed by atoms with Gasteiger partial charge in [-0.25, -0.2) is 0 Å². The Morgan fingerprint density at radius 3 is 2.60 bits per heavy atom. The second kappa shape index (κ2) is 5.20. The molecular formula is C13H13N3O4. The highest BCUT2D eigenvalue weighted by atomic mass is 16.2. The molecular weight excluding hydrogens is 262 g/mol. The predicted molar refractivity (Wildman–Crippen MR) is 69.4 cm³/mol. The second-order valence-electron chi connectivity index (χ2n) is 4.39. The van der Waals surface area contributed by atoms with E-state index in [4.69, 9.17) is 0 Å². The molecule has 7 nitrogen and oxygen atoms in total. The molecule has 2 aliphatic rings. The van der Waals surface area contributed by atoms with Crippen molar-refractivity contribution in [2.24, 2.45) is 4.99 Å². The van der Waals surface area contributed by atoms with Crippen molar-refractivity contribution in [3.8, 4) is 0 Å². The Balaban J connectivity index is 2.31. The summed E-state index contributed by atoms with van der Waals surface area (Å²) in [4.78, 5) is 51.8. The first-order valence-electron chi connectivity index (χ1n) is 6.07. The number of aliphatic imine (C=N–C) groups is 1. The largest absolute Gasteiger partial charge is 0.295 e. The summed E-state index contributed by atoms with van der Waals surface area (Å²) in [6.07, 6.45) is 3.18. The van der Waals surface area contributed by atoms with Gasteiger partial charge in [0, 0.05) is 12.6 Å². The molecule has 104 valence electrons. The van der Waals surface area contributed by atoms with E-state index in [2.05, 4.69) is 16.9 Å². The first-order chi connectivity index (χ1) is 9.47. The number of rotatable bonds is 2. The van der Waals surface area contributed by atoms with Crippen molar-refractivity contribution in [1.82, 2.24) is 10.2 Å². The molecule has 2 heterocycles. The van der Waals surface area contributed by atoms with Gasteiger partial charge in [-0.15, -0.1) is 0 Å². The van der Waals surface area contributed by atoms with E-state index in [0.29, 0.717) is 0 Å². The fourth-order valence-corrected chi connectivity index (χ4v) is 2.08. The minimum atomic E-state index is -0.984. The number of hydrogen-bond acceptors (Lipinski definition) is 5. The van der Waals surface area contributed by atoms with Gasteiger partial charge in [-0.2, -0.15) is 0 Å². The molecule has 1 N–H and O–H groups in total. The van der Waals surface area contributed by atoms with E-state index in [1.165, 1.54) is 6.20 Å².